The Hall–Kier alpha value is -3.26. The molecule has 0 aliphatic carbocycles. The van der Waals surface area contributed by atoms with Gasteiger partial charge in [-0.05, 0) is 50.1 Å². The van der Waals surface area contributed by atoms with E-state index in [4.69, 9.17) is 21.1 Å². The third kappa shape index (κ3) is 6.11. The Bertz CT molecular complexity index is 1090. The van der Waals surface area contributed by atoms with Gasteiger partial charge in [-0.2, -0.15) is 0 Å². The van der Waals surface area contributed by atoms with Crippen LogP contribution in [0.15, 0.2) is 42.9 Å². The van der Waals surface area contributed by atoms with Crippen molar-refractivity contribution in [2.45, 2.75) is 32.8 Å². The summed E-state index contributed by atoms with van der Waals surface area (Å²) in [7, 11) is 1.51. The molecule has 2 heterocycles. The molecule has 162 valence electrons. The molecule has 1 amide bonds. The number of aromatic nitrogens is 3. The summed E-state index contributed by atoms with van der Waals surface area (Å²) in [5.41, 5.74) is 2.27. The van der Waals surface area contributed by atoms with Crippen LogP contribution in [0.5, 0.6) is 5.88 Å². The lowest BCUT2D eigenvalue weighted by atomic mass is 10.0. The predicted octanol–water partition coefficient (Wildman–Crippen LogP) is 5.28. The number of anilines is 1. The van der Waals surface area contributed by atoms with E-state index in [1.807, 2.05) is 6.07 Å². The third-order valence-corrected chi connectivity index (χ3v) is 4.34. The van der Waals surface area contributed by atoms with E-state index in [9.17, 15) is 9.18 Å². The highest BCUT2D eigenvalue weighted by Gasteiger charge is 2.17. The van der Waals surface area contributed by atoms with Crippen LogP contribution in [0, 0.1) is 5.82 Å². The zero-order valence-corrected chi connectivity index (χ0v) is 18.3. The summed E-state index contributed by atoms with van der Waals surface area (Å²) in [6, 6.07) is 6.31. The molecule has 0 saturated carbocycles. The Balaban J connectivity index is 1.77. The number of rotatable bonds is 5. The number of carbonyl (C=O) groups excluding carboxylic acids is 1. The molecular weight excluding hydrogens is 423 g/mol. The Morgan fingerprint density at radius 1 is 1.13 bits per heavy atom. The molecule has 31 heavy (non-hydrogen) atoms. The van der Waals surface area contributed by atoms with Crippen molar-refractivity contribution in [3.05, 3.63) is 65.0 Å². The van der Waals surface area contributed by atoms with Gasteiger partial charge < -0.3 is 9.47 Å². The number of nitrogens with one attached hydrogen (secondary N) is 1. The molecule has 0 saturated heterocycles. The molecule has 0 unspecified atom stereocenters. The number of ether oxygens (including phenoxy) is 2. The number of amides is 1. The zero-order chi connectivity index (χ0) is 22.6. The lowest BCUT2D eigenvalue weighted by molar-refractivity contribution is 0.0635. The van der Waals surface area contributed by atoms with Crippen molar-refractivity contribution in [1.29, 1.82) is 0 Å². The monoisotopic (exact) mass is 444 g/mol. The molecule has 1 N–H and O–H groups in total. The van der Waals surface area contributed by atoms with E-state index < -0.39 is 17.5 Å². The van der Waals surface area contributed by atoms with E-state index in [1.54, 1.807) is 39.2 Å². The van der Waals surface area contributed by atoms with E-state index in [-0.39, 0.29) is 10.8 Å². The molecule has 3 aromatic rings. The van der Waals surface area contributed by atoms with Crippen molar-refractivity contribution in [3.8, 4) is 17.0 Å². The summed E-state index contributed by atoms with van der Waals surface area (Å²) in [5, 5.41) is 2.56. The normalized spacial score (nSPS) is 11.2. The zero-order valence-electron chi connectivity index (χ0n) is 17.6. The molecule has 0 spiro atoms. The van der Waals surface area contributed by atoms with Crippen LogP contribution in [0.4, 0.5) is 15.0 Å². The van der Waals surface area contributed by atoms with E-state index in [0.29, 0.717) is 29.1 Å². The van der Waals surface area contributed by atoms with Crippen LogP contribution >= 0.6 is 11.6 Å². The van der Waals surface area contributed by atoms with Crippen LogP contribution in [0.1, 0.15) is 32.0 Å². The molecule has 0 radical (unpaired) electrons. The molecule has 0 atom stereocenters. The lowest BCUT2D eigenvalue weighted by Crippen LogP contribution is -2.27. The highest BCUT2D eigenvalue weighted by molar-refractivity contribution is 6.31. The topological polar surface area (TPSA) is 86.2 Å². The van der Waals surface area contributed by atoms with E-state index in [0.717, 1.165) is 5.56 Å². The van der Waals surface area contributed by atoms with Gasteiger partial charge in [0.25, 0.3) is 0 Å². The second kappa shape index (κ2) is 9.26. The number of carbonyl (C=O) groups is 1. The Labute approximate surface area is 184 Å². The second-order valence-corrected chi connectivity index (χ2v) is 8.13. The molecule has 1 aromatic carbocycles. The first kappa shape index (κ1) is 22.4. The van der Waals surface area contributed by atoms with Crippen LogP contribution in [0.3, 0.4) is 0 Å². The predicted molar refractivity (Wildman–Crippen MR) is 116 cm³/mol. The smallest absolute Gasteiger partial charge is 0.413 e. The summed E-state index contributed by atoms with van der Waals surface area (Å²) in [6.45, 7) is 5.33. The van der Waals surface area contributed by atoms with E-state index >= 15 is 0 Å². The number of halogens is 2. The minimum atomic E-state index is -0.606. The highest BCUT2D eigenvalue weighted by Crippen LogP contribution is 2.32. The third-order valence-electron chi connectivity index (χ3n) is 4.05. The van der Waals surface area contributed by atoms with Gasteiger partial charge in [0.05, 0.1) is 30.2 Å². The number of benzene rings is 1. The van der Waals surface area contributed by atoms with Crippen LogP contribution in [-0.4, -0.2) is 33.8 Å². The minimum Gasteiger partial charge on any atom is -0.481 e. The van der Waals surface area contributed by atoms with Crippen LogP contribution in [-0.2, 0) is 11.2 Å². The number of pyridine rings is 1. The van der Waals surface area contributed by atoms with Crippen LogP contribution < -0.4 is 10.1 Å². The van der Waals surface area contributed by atoms with Gasteiger partial charge in [-0.25, -0.2) is 19.2 Å². The lowest BCUT2D eigenvalue weighted by Gasteiger charge is -2.19. The summed E-state index contributed by atoms with van der Waals surface area (Å²) in [5.74, 6) is 0.186. The molecule has 7 nitrogen and oxygen atoms in total. The maximum Gasteiger partial charge on any atom is 0.413 e. The van der Waals surface area contributed by atoms with Gasteiger partial charge in [-0.1, -0.05) is 17.7 Å². The van der Waals surface area contributed by atoms with Crippen molar-refractivity contribution in [1.82, 2.24) is 15.0 Å². The molecule has 9 heteroatoms. The number of hydrogen-bond donors (Lipinski definition) is 1. The fraction of sp³-hybridized carbons (Fsp3) is 0.273. The minimum absolute atomic E-state index is 0.0175. The Kier molecular flexibility index (Phi) is 6.70. The maximum atomic E-state index is 13.5. The molecule has 2 aromatic heterocycles. The van der Waals surface area contributed by atoms with Gasteiger partial charge in [0, 0.05) is 18.2 Å². The summed E-state index contributed by atoms with van der Waals surface area (Å²) in [4.78, 5) is 24.7. The molecule has 0 aliphatic rings. The second-order valence-electron chi connectivity index (χ2n) is 7.73. The molecule has 0 aliphatic heterocycles. The van der Waals surface area contributed by atoms with Crippen LogP contribution in [0.2, 0.25) is 5.02 Å². The molecule has 0 bridgehead atoms. The van der Waals surface area contributed by atoms with Crippen molar-refractivity contribution < 1.29 is 18.7 Å². The van der Waals surface area contributed by atoms with Crippen LogP contribution in [0.25, 0.3) is 11.1 Å². The molecular formula is C22H22ClFN4O3. The van der Waals surface area contributed by atoms with Gasteiger partial charge >= 0.3 is 6.09 Å². The van der Waals surface area contributed by atoms with E-state index in [2.05, 4.69) is 20.3 Å². The fourth-order valence-corrected chi connectivity index (χ4v) is 2.93. The van der Waals surface area contributed by atoms with Gasteiger partial charge in [0.2, 0.25) is 5.88 Å². The number of hydrogen-bond acceptors (Lipinski definition) is 6. The SMILES string of the molecule is COc1ncc(Cc2cnc(NC(=O)OC(C)(C)C)cn2)cc1-c1ccc(F)c(Cl)c1. The van der Waals surface area contributed by atoms with Crippen molar-refractivity contribution in [2.24, 2.45) is 0 Å². The first-order valence-electron chi connectivity index (χ1n) is 9.44. The quantitative estimate of drug-likeness (QED) is 0.576. The van der Waals surface area contributed by atoms with Crippen molar-refractivity contribution in [2.75, 3.05) is 12.4 Å². The van der Waals surface area contributed by atoms with Gasteiger partial charge in [0.1, 0.15) is 11.4 Å². The maximum absolute atomic E-state index is 13.5. The van der Waals surface area contributed by atoms with Gasteiger partial charge in [-0.3, -0.25) is 10.3 Å². The van der Waals surface area contributed by atoms with Crippen molar-refractivity contribution >= 4 is 23.5 Å². The highest BCUT2D eigenvalue weighted by atomic mass is 35.5. The number of nitrogens with zero attached hydrogens (tertiary/aromatic N) is 3. The first-order chi connectivity index (χ1) is 14.6. The van der Waals surface area contributed by atoms with E-state index in [1.165, 1.54) is 25.4 Å². The van der Waals surface area contributed by atoms with Crippen molar-refractivity contribution in [3.63, 3.8) is 0 Å². The Morgan fingerprint density at radius 2 is 1.90 bits per heavy atom. The summed E-state index contributed by atoms with van der Waals surface area (Å²) in [6.07, 6.45) is 4.53. The Morgan fingerprint density at radius 3 is 2.52 bits per heavy atom. The fourth-order valence-electron chi connectivity index (χ4n) is 2.75. The standard InChI is InChI=1S/C22H22ClFN4O3/c1-22(2,3)31-21(29)28-19-12-25-15(11-26-19)7-13-8-16(20(30-4)27-10-13)14-5-6-18(24)17(23)9-14/h5-6,8-12H,7H2,1-4H3,(H,26,28,29). The summed E-state index contributed by atoms with van der Waals surface area (Å²) >= 11 is 5.92. The van der Waals surface area contributed by atoms with Gasteiger partial charge in [-0.15, -0.1) is 0 Å². The molecule has 3 rings (SSSR count). The molecule has 0 fully saturated rings. The number of methoxy groups -OCH3 is 1. The average molecular weight is 445 g/mol. The summed E-state index contributed by atoms with van der Waals surface area (Å²) < 4.78 is 24.1. The average Bonchev–Trinajstić information content (AvgIpc) is 2.70. The first-order valence-corrected chi connectivity index (χ1v) is 9.81. The van der Waals surface area contributed by atoms with Gasteiger partial charge in [0.15, 0.2) is 5.82 Å². The largest absolute Gasteiger partial charge is 0.481 e.